The number of rotatable bonds is 2. The van der Waals surface area contributed by atoms with Gasteiger partial charge >= 0.3 is 6.03 Å². The minimum absolute atomic E-state index is 0.00315. The van der Waals surface area contributed by atoms with Gasteiger partial charge in [-0.1, -0.05) is 46.8 Å². The van der Waals surface area contributed by atoms with Crippen molar-refractivity contribution in [3.05, 3.63) is 28.8 Å². The summed E-state index contributed by atoms with van der Waals surface area (Å²) in [5.74, 6) is 0.969. The highest BCUT2D eigenvalue weighted by Gasteiger charge is 2.67. The number of hydrogen-bond acceptors (Lipinski definition) is 4. The van der Waals surface area contributed by atoms with E-state index in [-0.39, 0.29) is 39.2 Å². The molecule has 2 amide bonds. The fourth-order valence-corrected chi connectivity index (χ4v) is 10.2. The van der Waals surface area contributed by atoms with Crippen molar-refractivity contribution < 1.29 is 19.7 Å². The van der Waals surface area contributed by atoms with Gasteiger partial charge < -0.3 is 25.2 Å². The van der Waals surface area contributed by atoms with Gasteiger partial charge in [0.2, 0.25) is 0 Å². The van der Waals surface area contributed by atoms with Gasteiger partial charge in [0.1, 0.15) is 0 Å². The highest BCUT2D eigenvalue weighted by Crippen LogP contribution is 2.75. The Kier molecular flexibility index (Phi) is 6.39. The summed E-state index contributed by atoms with van der Waals surface area (Å²) in [6.07, 6.45) is 12.9. The molecule has 40 heavy (non-hydrogen) atoms. The molecular formula is C34H50N2O4. The fraction of sp³-hybridized carbons (Fsp3) is 0.735. The quantitative estimate of drug-likeness (QED) is 0.355. The van der Waals surface area contributed by atoms with Crippen molar-refractivity contribution >= 4 is 12.1 Å². The minimum Gasteiger partial charge on any atom is -0.504 e. The van der Waals surface area contributed by atoms with Gasteiger partial charge in [0.05, 0.1) is 13.2 Å². The highest BCUT2D eigenvalue weighted by molar-refractivity contribution is 5.74. The monoisotopic (exact) mass is 550 g/mol. The first kappa shape index (κ1) is 27.9. The number of aromatic hydroxyl groups is 2. The second-order valence-electron chi connectivity index (χ2n) is 15.4. The van der Waals surface area contributed by atoms with Crippen molar-refractivity contribution in [2.24, 2.45) is 33.5 Å². The third kappa shape index (κ3) is 3.87. The zero-order valence-corrected chi connectivity index (χ0v) is 25.5. The van der Waals surface area contributed by atoms with Crippen LogP contribution in [0, 0.1) is 40.4 Å². The van der Waals surface area contributed by atoms with Gasteiger partial charge in [-0.25, -0.2) is 4.79 Å². The van der Waals surface area contributed by atoms with Crippen LogP contribution >= 0.6 is 0 Å². The summed E-state index contributed by atoms with van der Waals surface area (Å²) in [7, 11) is 0. The molecule has 6 heteroatoms. The zero-order valence-electron chi connectivity index (χ0n) is 25.5. The van der Waals surface area contributed by atoms with Gasteiger partial charge in [-0.05, 0) is 103 Å². The van der Waals surface area contributed by atoms with E-state index in [1.807, 2.05) is 17.9 Å². The van der Waals surface area contributed by atoms with Gasteiger partial charge in [0.15, 0.2) is 11.5 Å². The van der Waals surface area contributed by atoms with Crippen molar-refractivity contribution in [2.75, 3.05) is 32.8 Å². The van der Waals surface area contributed by atoms with Crippen molar-refractivity contribution in [1.82, 2.24) is 10.2 Å². The predicted molar refractivity (Wildman–Crippen MR) is 158 cm³/mol. The Labute approximate surface area is 240 Å². The number of ether oxygens (including phenoxy) is 1. The van der Waals surface area contributed by atoms with Crippen LogP contribution in [0.4, 0.5) is 4.79 Å². The van der Waals surface area contributed by atoms with Gasteiger partial charge in [-0.3, -0.25) is 0 Å². The lowest BCUT2D eigenvalue weighted by atomic mass is 9.33. The van der Waals surface area contributed by atoms with Gasteiger partial charge in [-0.2, -0.15) is 0 Å². The number of fused-ring (bicyclic) bond motifs is 7. The Morgan fingerprint density at radius 2 is 1.68 bits per heavy atom. The van der Waals surface area contributed by atoms with Crippen LogP contribution in [-0.4, -0.2) is 54.0 Å². The standard InChI is InChI=1S/C34H50N2O4/c1-22-23-7-8-26-32(4,24(23)19-25(37)28(22)38)12-14-34(6)27-20-30(2,9-10-31(27,3)11-13-33(26,34)5)21-35-29(39)36-15-17-40-18-16-36/h7-8,19,26-27,37-38H,9-18,20-21H2,1-6H3,(H,35,39). The average Bonchev–Trinajstić information content (AvgIpc) is 2.94. The highest BCUT2D eigenvalue weighted by atomic mass is 16.5. The number of nitrogens with zero attached hydrogens (tertiary/aromatic N) is 1. The van der Waals surface area contributed by atoms with Crippen LogP contribution in [0.1, 0.15) is 96.3 Å². The Morgan fingerprint density at radius 3 is 2.40 bits per heavy atom. The number of phenols is 2. The summed E-state index contributed by atoms with van der Waals surface area (Å²) in [4.78, 5) is 14.8. The van der Waals surface area contributed by atoms with Crippen molar-refractivity contribution in [3.8, 4) is 11.5 Å². The number of urea groups is 1. The molecule has 0 aromatic heterocycles. The smallest absolute Gasteiger partial charge is 0.317 e. The van der Waals surface area contributed by atoms with Crippen LogP contribution in [0.2, 0.25) is 0 Å². The Hall–Kier alpha value is -2.21. The number of carbonyl (C=O) groups is 1. The van der Waals surface area contributed by atoms with Crippen LogP contribution in [-0.2, 0) is 10.2 Å². The van der Waals surface area contributed by atoms with E-state index in [1.54, 1.807) is 0 Å². The van der Waals surface area contributed by atoms with E-state index >= 15 is 0 Å². The number of morpholine rings is 1. The molecule has 0 bridgehead atoms. The lowest BCUT2D eigenvalue weighted by Gasteiger charge is -2.71. The van der Waals surface area contributed by atoms with Gasteiger partial charge in [-0.15, -0.1) is 0 Å². The molecule has 1 aromatic rings. The van der Waals surface area contributed by atoms with E-state index in [9.17, 15) is 15.0 Å². The maximum atomic E-state index is 13.0. The van der Waals surface area contributed by atoms with Crippen LogP contribution in [0.5, 0.6) is 11.5 Å². The topological polar surface area (TPSA) is 82.0 Å². The largest absolute Gasteiger partial charge is 0.504 e. The molecule has 220 valence electrons. The van der Waals surface area contributed by atoms with Gasteiger partial charge in [0, 0.05) is 30.6 Å². The molecule has 3 N–H and O–H groups in total. The molecule has 3 saturated carbocycles. The number of benzene rings is 1. The predicted octanol–water partition coefficient (Wildman–Crippen LogP) is 6.76. The lowest BCUT2D eigenvalue weighted by molar-refractivity contribution is -0.199. The van der Waals surface area contributed by atoms with Crippen LogP contribution in [0.25, 0.3) is 6.08 Å². The summed E-state index contributed by atoms with van der Waals surface area (Å²) >= 11 is 0. The molecule has 7 atom stereocenters. The normalized spacial score (nSPS) is 42.3. The minimum atomic E-state index is -0.0773. The van der Waals surface area contributed by atoms with E-state index in [4.69, 9.17) is 4.74 Å². The molecular weight excluding hydrogens is 500 g/mol. The maximum absolute atomic E-state index is 13.0. The summed E-state index contributed by atoms with van der Waals surface area (Å²) < 4.78 is 5.44. The van der Waals surface area contributed by atoms with Crippen LogP contribution in [0.15, 0.2) is 12.1 Å². The van der Waals surface area contributed by atoms with Gasteiger partial charge in [0.25, 0.3) is 0 Å². The molecule has 1 saturated heterocycles. The molecule has 1 aliphatic heterocycles. The number of nitrogens with one attached hydrogen (secondary N) is 1. The third-order valence-electron chi connectivity index (χ3n) is 13.3. The second-order valence-corrected chi connectivity index (χ2v) is 15.4. The summed E-state index contributed by atoms with van der Waals surface area (Å²) in [6, 6.07) is 1.91. The Balaban J connectivity index is 1.29. The van der Waals surface area contributed by atoms with E-state index in [1.165, 1.54) is 24.8 Å². The van der Waals surface area contributed by atoms with Crippen molar-refractivity contribution in [3.63, 3.8) is 0 Å². The van der Waals surface area contributed by atoms with Crippen LogP contribution < -0.4 is 5.32 Å². The summed E-state index contributed by atoms with van der Waals surface area (Å²) in [5, 5.41) is 24.4. The Morgan fingerprint density at radius 1 is 1.00 bits per heavy atom. The van der Waals surface area contributed by atoms with E-state index in [2.05, 4.69) is 52.1 Å². The number of hydrogen-bond donors (Lipinski definition) is 3. The van der Waals surface area contributed by atoms with Crippen molar-refractivity contribution in [2.45, 2.75) is 91.9 Å². The van der Waals surface area contributed by atoms with E-state index in [0.717, 1.165) is 43.4 Å². The first-order valence-electron chi connectivity index (χ1n) is 15.6. The SMILES string of the molecule is Cc1c(O)c(O)cc2c1C=CC1C2(C)CCC2(C)C3CC(C)(CNC(=O)N4CCOCC4)CCC3(C)CCC12C. The molecule has 7 unspecified atom stereocenters. The average molecular weight is 551 g/mol. The lowest BCUT2D eigenvalue weighted by Crippen LogP contribution is -2.65. The number of carbonyl (C=O) groups excluding carboxylic acids is 1. The third-order valence-corrected chi connectivity index (χ3v) is 13.3. The second kappa shape index (κ2) is 9.14. The Bertz CT molecular complexity index is 1240. The first-order valence-corrected chi connectivity index (χ1v) is 15.6. The van der Waals surface area contributed by atoms with E-state index in [0.29, 0.717) is 43.6 Å². The number of phenolic OH excluding ortho intramolecular Hbond substituents is 2. The van der Waals surface area contributed by atoms with E-state index < -0.39 is 0 Å². The molecule has 6 rings (SSSR count). The molecule has 1 aromatic carbocycles. The summed E-state index contributed by atoms with van der Waals surface area (Å²) in [6.45, 7) is 17.8. The number of amides is 2. The molecule has 0 radical (unpaired) electrons. The zero-order chi connectivity index (χ0) is 28.7. The number of allylic oxidation sites excluding steroid dienone is 1. The molecule has 4 fully saturated rings. The molecule has 5 aliphatic rings. The molecule has 6 nitrogen and oxygen atoms in total. The fourth-order valence-electron chi connectivity index (χ4n) is 10.2. The molecule has 1 heterocycles. The summed E-state index contributed by atoms with van der Waals surface area (Å²) in [5.41, 5.74) is 3.70. The van der Waals surface area contributed by atoms with Crippen LogP contribution in [0.3, 0.4) is 0 Å². The van der Waals surface area contributed by atoms with Crippen molar-refractivity contribution in [1.29, 1.82) is 0 Å². The molecule has 0 spiro atoms. The molecule has 4 aliphatic carbocycles. The maximum Gasteiger partial charge on any atom is 0.317 e. The first-order chi connectivity index (χ1) is 18.8.